The normalized spacial score (nSPS) is 9.69. The first-order chi connectivity index (χ1) is 6.15. The summed E-state index contributed by atoms with van der Waals surface area (Å²) >= 11 is 11.1. The molecule has 0 aliphatic rings. The molecule has 0 N–H and O–H groups in total. The van der Waals surface area contributed by atoms with E-state index in [1.165, 1.54) is 6.07 Å². The second kappa shape index (κ2) is 4.40. The molecule has 0 aromatic carbocycles. The Hall–Kier alpha value is -0.850. The lowest BCUT2D eigenvalue weighted by Gasteiger charge is -2.01. The first-order valence-corrected chi connectivity index (χ1v) is 4.28. The second-order valence-electron chi connectivity index (χ2n) is 2.37. The monoisotopic (exact) mass is 218 g/mol. The van der Waals surface area contributed by atoms with Crippen molar-refractivity contribution >= 4 is 23.2 Å². The van der Waals surface area contributed by atoms with E-state index in [0.717, 1.165) is 0 Å². The predicted octanol–water partition coefficient (Wildman–Crippen LogP) is 2.98. The van der Waals surface area contributed by atoms with Crippen LogP contribution in [0.1, 0.15) is 12.0 Å². The van der Waals surface area contributed by atoms with E-state index < -0.39 is 5.82 Å². The van der Waals surface area contributed by atoms with Gasteiger partial charge in [-0.15, -0.1) is 0 Å². The molecule has 0 radical (unpaired) electrons. The fraction of sp³-hybridized carbons (Fsp3) is 0.250. The van der Waals surface area contributed by atoms with E-state index in [1.54, 1.807) is 0 Å². The van der Waals surface area contributed by atoms with Gasteiger partial charge in [0, 0.05) is 6.42 Å². The first-order valence-electron chi connectivity index (χ1n) is 3.52. The average molecular weight is 219 g/mol. The molecular formula is C8H5Cl2FN2. The molecule has 0 bridgehead atoms. The third-order valence-electron chi connectivity index (χ3n) is 1.47. The summed E-state index contributed by atoms with van der Waals surface area (Å²) in [5.41, 5.74) is 0.505. The summed E-state index contributed by atoms with van der Waals surface area (Å²) in [6.07, 6.45) is 0.666. The molecule has 1 heterocycles. The van der Waals surface area contributed by atoms with Crippen molar-refractivity contribution in [2.45, 2.75) is 12.8 Å². The van der Waals surface area contributed by atoms with Crippen molar-refractivity contribution in [1.29, 1.82) is 5.26 Å². The Balaban J connectivity index is 2.96. The molecule has 0 fully saturated rings. The highest BCUT2D eigenvalue weighted by Gasteiger charge is 2.07. The number of pyridine rings is 1. The molecule has 0 saturated carbocycles. The highest BCUT2D eigenvalue weighted by molar-refractivity contribution is 6.32. The van der Waals surface area contributed by atoms with Gasteiger partial charge in [-0.25, -0.2) is 9.37 Å². The van der Waals surface area contributed by atoms with Crippen LogP contribution in [-0.4, -0.2) is 4.98 Å². The Morgan fingerprint density at radius 2 is 2.15 bits per heavy atom. The maximum absolute atomic E-state index is 12.9. The minimum atomic E-state index is -0.612. The van der Waals surface area contributed by atoms with Crippen LogP contribution in [0.25, 0.3) is 0 Å². The van der Waals surface area contributed by atoms with Crippen LogP contribution >= 0.6 is 23.2 Å². The van der Waals surface area contributed by atoms with Crippen LogP contribution < -0.4 is 0 Å². The largest absolute Gasteiger partial charge is 0.221 e. The van der Waals surface area contributed by atoms with E-state index in [2.05, 4.69) is 4.98 Å². The molecule has 5 heteroatoms. The molecule has 13 heavy (non-hydrogen) atoms. The molecule has 1 aromatic rings. The lowest BCUT2D eigenvalue weighted by molar-refractivity contribution is 0.619. The quantitative estimate of drug-likeness (QED) is 0.717. The Bertz CT molecular complexity index is 360. The minimum absolute atomic E-state index is 0.154. The van der Waals surface area contributed by atoms with Gasteiger partial charge in [0.05, 0.1) is 6.07 Å². The third-order valence-corrected chi connectivity index (χ3v) is 2.06. The zero-order valence-electron chi connectivity index (χ0n) is 6.52. The van der Waals surface area contributed by atoms with E-state index >= 15 is 0 Å². The zero-order chi connectivity index (χ0) is 9.84. The van der Waals surface area contributed by atoms with Crippen LogP contribution in [-0.2, 0) is 6.42 Å². The SMILES string of the molecule is N#CCCc1cc(F)c(Cl)nc1Cl. The molecule has 0 unspecified atom stereocenters. The van der Waals surface area contributed by atoms with E-state index in [1.807, 2.05) is 6.07 Å². The van der Waals surface area contributed by atoms with Crippen molar-refractivity contribution in [2.24, 2.45) is 0 Å². The summed E-state index contributed by atoms with van der Waals surface area (Å²) in [4.78, 5) is 3.57. The van der Waals surface area contributed by atoms with Gasteiger partial charge in [-0.3, -0.25) is 0 Å². The number of nitrogens with zero attached hydrogens (tertiary/aromatic N) is 2. The Morgan fingerprint density at radius 1 is 1.46 bits per heavy atom. The highest BCUT2D eigenvalue weighted by atomic mass is 35.5. The van der Waals surface area contributed by atoms with E-state index in [9.17, 15) is 4.39 Å². The molecule has 0 aliphatic heterocycles. The van der Waals surface area contributed by atoms with Gasteiger partial charge in [-0.05, 0) is 18.1 Å². The van der Waals surface area contributed by atoms with Crippen molar-refractivity contribution in [3.8, 4) is 6.07 Å². The third kappa shape index (κ3) is 2.55. The van der Waals surface area contributed by atoms with Gasteiger partial charge < -0.3 is 0 Å². The molecular weight excluding hydrogens is 214 g/mol. The van der Waals surface area contributed by atoms with Crippen LogP contribution in [0.3, 0.4) is 0 Å². The Morgan fingerprint density at radius 3 is 2.77 bits per heavy atom. The molecule has 0 spiro atoms. The van der Waals surface area contributed by atoms with Crippen LogP contribution in [0.4, 0.5) is 4.39 Å². The maximum atomic E-state index is 12.9. The number of aromatic nitrogens is 1. The molecule has 2 nitrogen and oxygen atoms in total. The van der Waals surface area contributed by atoms with Gasteiger partial charge in [0.2, 0.25) is 0 Å². The number of hydrogen-bond acceptors (Lipinski definition) is 2. The standard InChI is InChI=1S/C8H5Cl2FN2/c9-7-5(2-1-3-12)4-6(11)8(10)13-7/h4H,1-2H2. The molecule has 0 amide bonds. The fourth-order valence-corrected chi connectivity index (χ4v) is 1.27. The lowest BCUT2D eigenvalue weighted by Crippen LogP contribution is -1.92. The maximum Gasteiger partial charge on any atom is 0.166 e. The summed E-state index contributed by atoms with van der Waals surface area (Å²) in [5, 5.41) is 8.22. The molecule has 0 saturated heterocycles. The van der Waals surface area contributed by atoms with Crippen molar-refractivity contribution in [1.82, 2.24) is 4.98 Å². The summed E-state index contributed by atoms with van der Waals surface area (Å²) in [7, 11) is 0. The number of hydrogen-bond donors (Lipinski definition) is 0. The van der Waals surface area contributed by atoms with Crippen LogP contribution in [0, 0.1) is 17.1 Å². The van der Waals surface area contributed by atoms with E-state index in [0.29, 0.717) is 12.0 Å². The van der Waals surface area contributed by atoms with Gasteiger partial charge in [-0.2, -0.15) is 5.26 Å². The number of aryl methyl sites for hydroxylation is 1. The number of halogens is 3. The molecule has 1 rings (SSSR count). The van der Waals surface area contributed by atoms with Crippen molar-refractivity contribution < 1.29 is 4.39 Å². The number of nitriles is 1. The molecule has 0 aliphatic carbocycles. The zero-order valence-corrected chi connectivity index (χ0v) is 8.03. The first kappa shape index (κ1) is 10.2. The summed E-state index contributed by atoms with van der Waals surface area (Å²) < 4.78 is 12.9. The molecule has 68 valence electrons. The average Bonchev–Trinajstić information content (AvgIpc) is 2.09. The fourth-order valence-electron chi connectivity index (χ4n) is 0.849. The summed E-state index contributed by atoms with van der Waals surface area (Å²) in [6, 6.07) is 3.14. The molecule has 0 atom stereocenters. The van der Waals surface area contributed by atoms with Gasteiger partial charge in [-0.1, -0.05) is 23.2 Å². The number of rotatable bonds is 2. The minimum Gasteiger partial charge on any atom is -0.221 e. The van der Waals surface area contributed by atoms with E-state index in [-0.39, 0.29) is 16.7 Å². The van der Waals surface area contributed by atoms with Crippen molar-refractivity contribution in [3.63, 3.8) is 0 Å². The smallest absolute Gasteiger partial charge is 0.166 e. The molecule has 1 aromatic heterocycles. The predicted molar refractivity (Wildman–Crippen MR) is 48.1 cm³/mol. The van der Waals surface area contributed by atoms with Gasteiger partial charge in [0.1, 0.15) is 5.15 Å². The van der Waals surface area contributed by atoms with Crippen LogP contribution in [0.5, 0.6) is 0 Å². The van der Waals surface area contributed by atoms with Crippen molar-refractivity contribution in [3.05, 3.63) is 27.8 Å². The topological polar surface area (TPSA) is 36.7 Å². The van der Waals surface area contributed by atoms with Gasteiger partial charge in [0.15, 0.2) is 11.0 Å². The summed E-state index contributed by atoms with van der Waals surface area (Å²) in [5.74, 6) is -0.612. The highest BCUT2D eigenvalue weighted by Crippen LogP contribution is 2.21. The van der Waals surface area contributed by atoms with Crippen LogP contribution in [0.2, 0.25) is 10.3 Å². The van der Waals surface area contributed by atoms with Gasteiger partial charge >= 0.3 is 0 Å². The van der Waals surface area contributed by atoms with Gasteiger partial charge in [0.25, 0.3) is 0 Å². The van der Waals surface area contributed by atoms with Crippen molar-refractivity contribution in [2.75, 3.05) is 0 Å². The second-order valence-corrected chi connectivity index (χ2v) is 3.09. The Labute approximate surface area is 84.9 Å². The summed E-state index contributed by atoms with van der Waals surface area (Å²) in [6.45, 7) is 0. The lowest BCUT2D eigenvalue weighted by atomic mass is 10.2. The van der Waals surface area contributed by atoms with Crippen LogP contribution in [0.15, 0.2) is 6.07 Å². The Kier molecular flexibility index (Phi) is 3.47. The van der Waals surface area contributed by atoms with E-state index in [4.69, 9.17) is 28.5 Å².